The molecule has 0 saturated carbocycles. The number of halogens is 1. The zero-order valence-electron chi connectivity index (χ0n) is 11.4. The first-order valence-electron chi connectivity index (χ1n) is 6.28. The number of hydrogen-bond donors (Lipinski definition) is 1. The molecule has 0 aliphatic heterocycles. The van der Waals surface area contributed by atoms with Gasteiger partial charge >= 0.3 is 0 Å². The molecule has 1 rings (SSSR count). The van der Waals surface area contributed by atoms with Gasteiger partial charge in [-0.15, -0.1) is 0 Å². The van der Waals surface area contributed by atoms with E-state index < -0.39 is 0 Å². The molecule has 0 fully saturated rings. The van der Waals surface area contributed by atoms with Crippen molar-refractivity contribution in [2.75, 3.05) is 25.6 Å². The van der Waals surface area contributed by atoms with Crippen LogP contribution in [0.1, 0.15) is 12.0 Å². The van der Waals surface area contributed by atoms with Gasteiger partial charge in [0.15, 0.2) is 0 Å². The van der Waals surface area contributed by atoms with Crippen LogP contribution in [0.5, 0.6) is 0 Å². The van der Waals surface area contributed by atoms with Gasteiger partial charge in [0, 0.05) is 18.6 Å². The van der Waals surface area contributed by atoms with Crippen molar-refractivity contribution in [2.45, 2.75) is 18.9 Å². The Kier molecular flexibility index (Phi) is 7.28. The zero-order chi connectivity index (χ0) is 14.3. The fraction of sp³-hybridized carbons (Fsp3) is 0.500. The molecule has 106 valence electrons. The molecule has 1 aromatic rings. The summed E-state index contributed by atoms with van der Waals surface area (Å²) in [7, 11) is 1.80. The second-order valence-corrected chi connectivity index (χ2v) is 5.95. The van der Waals surface area contributed by atoms with Crippen LogP contribution in [0, 0.1) is 0 Å². The minimum atomic E-state index is -0.386. The van der Waals surface area contributed by atoms with E-state index in [1.807, 2.05) is 30.5 Å². The molecule has 0 spiro atoms. The minimum absolute atomic E-state index is 0.0167. The number of carbonyl (C=O) groups excluding carboxylic acids is 1. The van der Waals surface area contributed by atoms with Gasteiger partial charge in [-0.1, -0.05) is 23.7 Å². The van der Waals surface area contributed by atoms with E-state index in [1.165, 1.54) is 5.56 Å². The minimum Gasteiger partial charge on any atom is -0.344 e. The molecule has 0 aromatic heterocycles. The average molecular weight is 301 g/mol. The second-order valence-electron chi connectivity index (χ2n) is 4.52. The van der Waals surface area contributed by atoms with Crippen molar-refractivity contribution < 1.29 is 4.79 Å². The number of rotatable bonds is 7. The van der Waals surface area contributed by atoms with Crippen LogP contribution in [0.2, 0.25) is 5.02 Å². The van der Waals surface area contributed by atoms with Crippen LogP contribution in [-0.2, 0) is 11.2 Å². The molecule has 1 aromatic carbocycles. The van der Waals surface area contributed by atoms with Gasteiger partial charge in [-0.05, 0) is 42.5 Å². The normalized spacial score (nSPS) is 12.2. The van der Waals surface area contributed by atoms with Gasteiger partial charge < -0.3 is 10.6 Å². The fourth-order valence-corrected chi connectivity index (χ4v) is 2.33. The maximum absolute atomic E-state index is 12.0. The van der Waals surface area contributed by atoms with Crippen molar-refractivity contribution in [1.29, 1.82) is 0 Å². The lowest BCUT2D eigenvalue weighted by molar-refractivity contribution is -0.131. The van der Waals surface area contributed by atoms with Gasteiger partial charge in [0.05, 0.1) is 6.04 Å². The molecule has 0 aliphatic rings. The van der Waals surface area contributed by atoms with Gasteiger partial charge in [-0.3, -0.25) is 4.79 Å². The molecule has 2 N–H and O–H groups in total. The molecular formula is C14H21ClN2OS. The summed E-state index contributed by atoms with van der Waals surface area (Å²) in [6.07, 6.45) is 3.56. The summed E-state index contributed by atoms with van der Waals surface area (Å²) in [4.78, 5) is 13.7. The number of hydrogen-bond acceptors (Lipinski definition) is 3. The van der Waals surface area contributed by atoms with Crippen molar-refractivity contribution in [1.82, 2.24) is 4.90 Å². The molecule has 0 bridgehead atoms. The maximum Gasteiger partial charge on any atom is 0.239 e. The van der Waals surface area contributed by atoms with Crippen LogP contribution in [0.15, 0.2) is 24.3 Å². The third-order valence-electron chi connectivity index (χ3n) is 2.98. The Labute approximate surface area is 124 Å². The number of benzene rings is 1. The first kappa shape index (κ1) is 16.3. The van der Waals surface area contributed by atoms with E-state index in [0.717, 1.165) is 23.6 Å². The topological polar surface area (TPSA) is 46.3 Å². The smallest absolute Gasteiger partial charge is 0.239 e. The highest BCUT2D eigenvalue weighted by Gasteiger charge is 2.17. The van der Waals surface area contributed by atoms with Crippen LogP contribution < -0.4 is 5.73 Å². The summed E-state index contributed by atoms with van der Waals surface area (Å²) in [6, 6.07) is 7.30. The predicted octanol–water partition coefficient (Wildman–Crippen LogP) is 2.42. The van der Waals surface area contributed by atoms with Crippen LogP contribution in [0.4, 0.5) is 0 Å². The molecular weight excluding hydrogens is 280 g/mol. The van der Waals surface area contributed by atoms with Gasteiger partial charge in [0.25, 0.3) is 0 Å². The molecule has 5 heteroatoms. The van der Waals surface area contributed by atoms with E-state index in [4.69, 9.17) is 17.3 Å². The summed E-state index contributed by atoms with van der Waals surface area (Å²) in [5.74, 6) is 0.931. The summed E-state index contributed by atoms with van der Waals surface area (Å²) in [6.45, 7) is 0.674. The van der Waals surface area contributed by atoms with Crippen molar-refractivity contribution in [3.05, 3.63) is 34.9 Å². The monoisotopic (exact) mass is 300 g/mol. The summed E-state index contributed by atoms with van der Waals surface area (Å²) in [5.41, 5.74) is 7.04. The zero-order valence-corrected chi connectivity index (χ0v) is 13.0. The molecule has 0 saturated heterocycles. The quantitative estimate of drug-likeness (QED) is 0.841. The number of likely N-dealkylation sites (N-methyl/N-ethyl adjacent to an activating group) is 1. The van der Waals surface area contributed by atoms with Crippen LogP contribution >= 0.6 is 23.4 Å². The van der Waals surface area contributed by atoms with Gasteiger partial charge in [-0.25, -0.2) is 0 Å². The predicted molar refractivity (Wildman–Crippen MR) is 83.8 cm³/mol. The number of thioether (sulfide) groups is 1. The Morgan fingerprint density at radius 2 is 2.05 bits per heavy atom. The van der Waals surface area contributed by atoms with Crippen molar-refractivity contribution in [3.63, 3.8) is 0 Å². The highest BCUT2D eigenvalue weighted by Crippen LogP contribution is 2.10. The molecule has 1 atom stereocenters. The Morgan fingerprint density at radius 1 is 1.42 bits per heavy atom. The lowest BCUT2D eigenvalue weighted by Gasteiger charge is -2.21. The third-order valence-corrected chi connectivity index (χ3v) is 3.87. The highest BCUT2D eigenvalue weighted by atomic mass is 35.5. The Hall–Kier alpha value is -0.710. The van der Waals surface area contributed by atoms with Crippen LogP contribution in [0.3, 0.4) is 0 Å². The average Bonchev–Trinajstić information content (AvgIpc) is 2.42. The molecule has 1 amide bonds. The lowest BCUT2D eigenvalue weighted by Crippen LogP contribution is -2.42. The van der Waals surface area contributed by atoms with E-state index in [0.29, 0.717) is 6.54 Å². The number of nitrogens with zero attached hydrogens (tertiary/aromatic N) is 1. The summed E-state index contributed by atoms with van der Waals surface area (Å²) < 4.78 is 0. The van der Waals surface area contributed by atoms with Crippen LogP contribution in [0.25, 0.3) is 0 Å². The summed E-state index contributed by atoms with van der Waals surface area (Å²) in [5, 5.41) is 0.729. The maximum atomic E-state index is 12.0. The van der Waals surface area contributed by atoms with E-state index in [2.05, 4.69) is 0 Å². The molecule has 19 heavy (non-hydrogen) atoms. The summed E-state index contributed by atoms with van der Waals surface area (Å²) >= 11 is 7.54. The van der Waals surface area contributed by atoms with Crippen molar-refractivity contribution >= 4 is 29.3 Å². The Bertz CT molecular complexity index is 397. The number of carbonyl (C=O) groups is 1. The van der Waals surface area contributed by atoms with E-state index in [1.54, 1.807) is 23.7 Å². The second kappa shape index (κ2) is 8.46. The first-order valence-corrected chi connectivity index (χ1v) is 8.05. The lowest BCUT2D eigenvalue weighted by atomic mass is 10.1. The van der Waals surface area contributed by atoms with Crippen molar-refractivity contribution in [2.24, 2.45) is 5.73 Å². The largest absolute Gasteiger partial charge is 0.344 e. The van der Waals surface area contributed by atoms with Crippen molar-refractivity contribution in [3.8, 4) is 0 Å². The SMILES string of the molecule is CSCC[C@H](N)C(=O)N(C)CCc1ccc(Cl)cc1. The van der Waals surface area contributed by atoms with Gasteiger partial charge in [-0.2, -0.15) is 11.8 Å². The number of amides is 1. The van der Waals surface area contributed by atoms with E-state index in [-0.39, 0.29) is 11.9 Å². The molecule has 0 radical (unpaired) electrons. The fourth-order valence-electron chi connectivity index (χ4n) is 1.71. The standard InChI is InChI=1S/C14H21ClN2OS/c1-17(14(18)13(16)8-10-19-2)9-7-11-3-5-12(15)6-4-11/h3-6,13H,7-10,16H2,1-2H3/t13-/m0/s1. The molecule has 0 heterocycles. The van der Waals surface area contributed by atoms with Gasteiger partial charge in [0.1, 0.15) is 0 Å². The van der Waals surface area contributed by atoms with Crippen LogP contribution in [-0.4, -0.2) is 42.4 Å². The number of nitrogens with two attached hydrogens (primary N) is 1. The Morgan fingerprint density at radius 3 is 2.63 bits per heavy atom. The van der Waals surface area contributed by atoms with Gasteiger partial charge in [0.2, 0.25) is 5.91 Å². The van der Waals surface area contributed by atoms with E-state index >= 15 is 0 Å². The van der Waals surface area contributed by atoms with E-state index in [9.17, 15) is 4.79 Å². The molecule has 3 nitrogen and oxygen atoms in total. The molecule has 0 unspecified atom stereocenters. The molecule has 0 aliphatic carbocycles. The Balaban J connectivity index is 2.39. The third kappa shape index (κ3) is 5.85. The first-order chi connectivity index (χ1) is 9.04. The highest BCUT2D eigenvalue weighted by molar-refractivity contribution is 7.98.